The Labute approximate surface area is 110 Å². The van der Waals surface area contributed by atoms with Gasteiger partial charge < -0.3 is 15.8 Å². The Kier molecular flexibility index (Phi) is 3.78. The number of nitrogens with two attached hydrogens (primary N) is 1. The number of aromatic nitrogens is 1. The van der Waals surface area contributed by atoms with Crippen molar-refractivity contribution in [2.24, 2.45) is 5.73 Å². The van der Waals surface area contributed by atoms with Crippen molar-refractivity contribution < 1.29 is 13.3 Å². The Hall–Kier alpha value is -1.58. The van der Waals surface area contributed by atoms with Crippen molar-refractivity contribution in [1.29, 1.82) is 0 Å². The number of hydrogen-bond acceptors (Lipinski definition) is 6. The van der Waals surface area contributed by atoms with Crippen LogP contribution in [0.5, 0.6) is 0 Å². The molecule has 1 fully saturated rings. The van der Waals surface area contributed by atoms with E-state index in [9.17, 15) is 18.5 Å². The Balaban J connectivity index is 2.22. The van der Waals surface area contributed by atoms with Crippen molar-refractivity contribution in [3.8, 4) is 0 Å². The van der Waals surface area contributed by atoms with E-state index >= 15 is 0 Å². The lowest BCUT2D eigenvalue weighted by atomic mass is 10.1. The minimum absolute atomic E-state index is 0.0291. The van der Waals surface area contributed by atoms with Crippen LogP contribution in [0.3, 0.4) is 0 Å². The molecule has 9 heteroatoms. The van der Waals surface area contributed by atoms with Crippen LogP contribution in [-0.4, -0.2) is 41.8 Å². The molecule has 1 aromatic rings. The molecule has 1 aliphatic heterocycles. The minimum Gasteiger partial charge on any atom is -0.358 e. The molecule has 2 rings (SSSR count). The molecule has 0 saturated carbocycles. The van der Waals surface area contributed by atoms with Gasteiger partial charge >= 0.3 is 5.82 Å². The monoisotopic (exact) mass is 286 g/mol. The molecule has 0 spiro atoms. The van der Waals surface area contributed by atoms with E-state index < -0.39 is 14.9 Å². The lowest BCUT2D eigenvalue weighted by molar-refractivity contribution is -0.389. The molecule has 1 saturated heterocycles. The first kappa shape index (κ1) is 13.8. The fraction of sp³-hybridized carbons (Fsp3) is 0.500. The van der Waals surface area contributed by atoms with Gasteiger partial charge in [0.15, 0.2) is 6.20 Å². The van der Waals surface area contributed by atoms with Gasteiger partial charge in [0.25, 0.3) is 0 Å². The predicted octanol–water partition coefficient (Wildman–Crippen LogP) is 0.102. The molecule has 8 nitrogen and oxygen atoms in total. The van der Waals surface area contributed by atoms with Gasteiger partial charge in [0.05, 0.1) is 0 Å². The summed E-state index contributed by atoms with van der Waals surface area (Å²) in [5.41, 5.74) is 5.72. The number of rotatable bonds is 3. The molecular formula is C10H14N4O4S. The van der Waals surface area contributed by atoms with Gasteiger partial charge in [-0.15, -0.1) is 0 Å². The third-order valence-corrected chi connectivity index (χ3v) is 4.93. The molecule has 2 heterocycles. The van der Waals surface area contributed by atoms with Gasteiger partial charge in [-0.3, -0.25) is 0 Å². The second-order valence-corrected chi connectivity index (χ2v) is 6.29. The Morgan fingerprint density at radius 1 is 1.37 bits per heavy atom. The predicted molar refractivity (Wildman–Crippen MR) is 66.9 cm³/mol. The summed E-state index contributed by atoms with van der Waals surface area (Å²) < 4.78 is 25.8. The molecule has 0 amide bonds. The van der Waals surface area contributed by atoms with Crippen molar-refractivity contribution in [3.63, 3.8) is 0 Å². The highest BCUT2D eigenvalue weighted by molar-refractivity contribution is 7.89. The normalized spacial score (nSPS) is 18.4. The Bertz CT molecular complexity index is 564. The first-order chi connectivity index (χ1) is 8.91. The molecule has 0 atom stereocenters. The maximum atomic E-state index is 12.3. The fourth-order valence-corrected chi connectivity index (χ4v) is 3.31. The maximum Gasteiger partial charge on any atom is 0.363 e. The molecule has 0 radical (unpaired) electrons. The number of nitro groups is 1. The van der Waals surface area contributed by atoms with Crippen LogP contribution in [0.25, 0.3) is 0 Å². The smallest absolute Gasteiger partial charge is 0.358 e. The largest absolute Gasteiger partial charge is 0.363 e. The van der Waals surface area contributed by atoms with Crippen LogP contribution in [-0.2, 0) is 10.0 Å². The second-order valence-electron chi connectivity index (χ2n) is 4.35. The topological polar surface area (TPSA) is 119 Å². The van der Waals surface area contributed by atoms with Crippen molar-refractivity contribution in [3.05, 3.63) is 28.4 Å². The second kappa shape index (κ2) is 5.19. The lowest BCUT2D eigenvalue weighted by Gasteiger charge is -2.28. The van der Waals surface area contributed by atoms with Gasteiger partial charge in [-0.1, -0.05) is 0 Å². The van der Waals surface area contributed by atoms with Gasteiger partial charge in [0.2, 0.25) is 10.0 Å². The molecule has 0 unspecified atom stereocenters. The third kappa shape index (κ3) is 2.88. The number of sulfonamides is 1. The van der Waals surface area contributed by atoms with Crippen LogP contribution in [0.4, 0.5) is 5.82 Å². The summed E-state index contributed by atoms with van der Waals surface area (Å²) in [4.78, 5) is 13.3. The van der Waals surface area contributed by atoms with E-state index in [1.165, 1.54) is 10.4 Å². The molecule has 1 aliphatic rings. The van der Waals surface area contributed by atoms with Crippen molar-refractivity contribution in [1.82, 2.24) is 9.29 Å². The quantitative estimate of drug-likeness (QED) is 0.621. The van der Waals surface area contributed by atoms with Gasteiger partial charge in [-0.05, 0) is 28.8 Å². The van der Waals surface area contributed by atoms with Crippen LogP contribution in [0, 0.1) is 10.1 Å². The highest BCUT2D eigenvalue weighted by Gasteiger charge is 2.29. The molecule has 0 aromatic carbocycles. The number of piperidine rings is 1. The Morgan fingerprint density at radius 2 is 2.00 bits per heavy atom. The average Bonchev–Trinajstić information content (AvgIpc) is 2.39. The van der Waals surface area contributed by atoms with E-state index in [0.717, 1.165) is 12.3 Å². The Morgan fingerprint density at radius 3 is 2.47 bits per heavy atom. The van der Waals surface area contributed by atoms with E-state index in [4.69, 9.17) is 5.73 Å². The van der Waals surface area contributed by atoms with Crippen LogP contribution < -0.4 is 5.73 Å². The summed E-state index contributed by atoms with van der Waals surface area (Å²) in [7, 11) is -3.64. The summed E-state index contributed by atoms with van der Waals surface area (Å²) in [6, 6.07) is 2.32. The summed E-state index contributed by atoms with van der Waals surface area (Å²) in [5, 5.41) is 10.5. The summed E-state index contributed by atoms with van der Waals surface area (Å²) in [6.45, 7) is 0.723. The van der Waals surface area contributed by atoms with Crippen molar-refractivity contribution in [2.75, 3.05) is 13.1 Å². The molecule has 19 heavy (non-hydrogen) atoms. The zero-order valence-electron chi connectivity index (χ0n) is 10.1. The van der Waals surface area contributed by atoms with Crippen molar-refractivity contribution >= 4 is 15.8 Å². The summed E-state index contributed by atoms with van der Waals surface area (Å²) >= 11 is 0. The van der Waals surface area contributed by atoms with E-state index in [0.29, 0.717) is 25.9 Å². The SMILES string of the molecule is NC1CCN(S(=O)(=O)c2ccc([N+](=O)[O-])nc2)CC1. The van der Waals surface area contributed by atoms with E-state index in [1.54, 1.807) is 0 Å². The highest BCUT2D eigenvalue weighted by atomic mass is 32.2. The van der Waals surface area contributed by atoms with Crippen LogP contribution in [0.15, 0.2) is 23.2 Å². The highest BCUT2D eigenvalue weighted by Crippen LogP contribution is 2.20. The maximum absolute atomic E-state index is 12.3. The summed E-state index contributed by atoms with van der Waals surface area (Å²) in [5.74, 6) is -0.375. The first-order valence-electron chi connectivity index (χ1n) is 5.77. The fourth-order valence-electron chi connectivity index (χ4n) is 1.90. The zero-order chi connectivity index (χ0) is 14.0. The summed E-state index contributed by atoms with van der Waals surface area (Å²) in [6.07, 6.45) is 2.24. The minimum atomic E-state index is -3.64. The molecular weight excluding hydrogens is 272 g/mol. The molecule has 2 N–H and O–H groups in total. The molecule has 0 bridgehead atoms. The van der Waals surface area contributed by atoms with Gasteiger partial charge in [-0.2, -0.15) is 4.31 Å². The molecule has 104 valence electrons. The van der Waals surface area contributed by atoms with E-state index in [1.807, 2.05) is 0 Å². The van der Waals surface area contributed by atoms with E-state index in [2.05, 4.69) is 4.98 Å². The van der Waals surface area contributed by atoms with Gasteiger partial charge in [0.1, 0.15) is 4.90 Å². The number of nitrogens with zero attached hydrogens (tertiary/aromatic N) is 3. The van der Waals surface area contributed by atoms with Crippen LogP contribution in [0.1, 0.15) is 12.8 Å². The third-order valence-electron chi connectivity index (χ3n) is 3.04. The van der Waals surface area contributed by atoms with Gasteiger partial charge in [-0.25, -0.2) is 8.42 Å². The average molecular weight is 286 g/mol. The first-order valence-corrected chi connectivity index (χ1v) is 7.21. The number of pyridine rings is 1. The standard InChI is InChI=1S/C10H14N4O4S/c11-8-3-5-13(6-4-8)19(17,18)9-1-2-10(12-7-9)14(15)16/h1-2,7-8H,3-6,11H2. The van der Waals surface area contributed by atoms with Crippen LogP contribution in [0.2, 0.25) is 0 Å². The lowest BCUT2D eigenvalue weighted by Crippen LogP contribution is -2.42. The van der Waals surface area contributed by atoms with Crippen molar-refractivity contribution in [2.45, 2.75) is 23.8 Å². The van der Waals surface area contributed by atoms with Crippen LogP contribution >= 0.6 is 0 Å². The molecule has 1 aromatic heterocycles. The van der Waals surface area contributed by atoms with E-state index in [-0.39, 0.29) is 16.8 Å². The zero-order valence-corrected chi connectivity index (χ0v) is 10.9. The van der Waals surface area contributed by atoms with Gasteiger partial charge in [0, 0.05) is 25.2 Å². The number of hydrogen-bond donors (Lipinski definition) is 1. The molecule has 0 aliphatic carbocycles.